The SMILES string of the molecule is C#CCOc1ccccc1CNCCNC(=O)c1ccc(C)c(F)c1. The van der Waals surface area contributed by atoms with Crippen molar-refractivity contribution in [3.63, 3.8) is 0 Å². The fourth-order valence-electron chi connectivity index (χ4n) is 2.23. The van der Waals surface area contributed by atoms with E-state index in [0.717, 1.165) is 11.3 Å². The molecular weight excluding hydrogens is 319 g/mol. The molecule has 0 heterocycles. The number of rotatable bonds is 8. The van der Waals surface area contributed by atoms with Gasteiger partial charge in [-0.1, -0.05) is 30.2 Å². The standard InChI is InChI=1S/C20H21FN2O2/c1-3-12-25-19-7-5-4-6-17(19)14-22-10-11-23-20(24)16-9-8-15(2)18(21)13-16/h1,4-9,13,22H,10-12,14H2,2H3,(H,23,24). The number of ether oxygens (including phenoxy) is 1. The van der Waals surface area contributed by atoms with E-state index in [0.29, 0.717) is 30.8 Å². The predicted octanol–water partition coefficient (Wildman–Crippen LogP) is 2.67. The van der Waals surface area contributed by atoms with Gasteiger partial charge in [-0.15, -0.1) is 6.42 Å². The maximum atomic E-state index is 13.5. The molecule has 0 bridgehead atoms. The van der Waals surface area contributed by atoms with Crippen LogP contribution in [0.4, 0.5) is 4.39 Å². The molecule has 0 saturated carbocycles. The van der Waals surface area contributed by atoms with Gasteiger partial charge in [-0.25, -0.2) is 4.39 Å². The molecule has 0 aliphatic heterocycles. The van der Waals surface area contributed by atoms with E-state index in [4.69, 9.17) is 11.2 Å². The van der Waals surface area contributed by atoms with E-state index in [1.54, 1.807) is 19.1 Å². The maximum Gasteiger partial charge on any atom is 0.251 e. The van der Waals surface area contributed by atoms with Crippen LogP contribution in [-0.4, -0.2) is 25.6 Å². The van der Waals surface area contributed by atoms with E-state index < -0.39 is 0 Å². The van der Waals surface area contributed by atoms with E-state index in [2.05, 4.69) is 16.6 Å². The first kappa shape index (κ1) is 18.5. The molecule has 0 unspecified atom stereocenters. The van der Waals surface area contributed by atoms with E-state index >= 15 is 0 Å². The summed E-state index contributed by atoms with van der Waals surface area (Å²) < 4.78 is 19.0. The summed E-state index contributed by atoms with van der Waals surface area (Å²) in [7, 11) is 0. The summed E-state index contributed by atoms with van der Waals surface area (Å²) in [5.74, 6) is 2.51. The second kappa shape index (κ2) is 9.45. The minimum Gasteiger partial charge on any atom is -0.481 e. The third-order valence-corrected chi connectivity index (χ3v) is 3.62. The number of carbonyl (C=O) groups is 1. The monoisotopic (exact) mass is 340 g/mol. The van der Waals surface area contributed by atoms with Gasteiger partial charge < -0.3 is 15.4 Å². The highest BCUT2D eigenvalue weighted by atomic mass is 19.1. The second-order valence-corrected chi connectivity index (χ2v) is 5.50. The lowest BCUT2D eigenvalue weighted by Gasteiger charge is -2.11. The summed E-state index contributed by atoms with van der Waals surface area (Å²) in [4.78, 5) is 12.0. The number of aryl methyl sites for hydroxylation is 1. The van der Waals surface area contributed by atoms with Crippen LogP contribution in [0.25, 0.3) is 0 Å². The molecule has 1 amide bonds. The molecule has 0 aliphatic carbocycles. The normalized spacial score (nSPS) is 10.1. The van der Waals surface area contributed by atoms with Crippen molar-refractivity contribution < 1.29 is 13.9 Å². The van der Waals surface area contributed by atoms with Gasteiger partial charge in [0.1, 0.15) is 18.2 Å². The van der Waals surface area contributed by atoms with Crippen LogP contribution in [0.3, 0.4) is 0 Å². The molecule has 2 N–H and O–H groups in total. The zero-order chi connectivity index (χ0) is 18.1. The number of benzene rings is 2. The lowest BCUT2D eigenvalue weighted by atomic mass is 10.1. The summed E-state index contributed by atoms with van der Waals surface area (Å²) in [6, 6.07) is 12.1. The van der Waals surface area contributed by atoms with Crippen molar-refractivity contribution in [1.82, 2.24) is 10.6 Å². The molecular formula is C20H21FN2O2. The van der Waals surface area contributed by atoms with Crippen LogP contribution in [0.15, 0.2) is 42.5 Å². The smallest absolute Gasteiger partial charge is 0.251 e. The van der Waals surface area contributed by atoms with Gasteiger partial charge in [0.25, 0.3) is 5.91 Å². The Morgan fingerprint density at radius 1 is 1.24 bits per heavy atom. The first-order chi connectivity index (χ1) is 12.1. The highest BCUT2D eigenvalue weighted by Gasteiger charge is 2.07. The summed E-state index contributed by atoms with van der Waals surface area (Å²) in [6.07, 6.45) is 5.21. The zero-order valence-electron chi connectivity index (χ0n) is 14.1. The first-order valence-corrected chi connectivity index (χ1v) is 8.01. The first-order valence-electron chi connectivity index (χ1n) is 8.01. The number of hydrogen-bond acceptors (Lipinski definition) is 3. The largest absolute Gasteiger partial charge is 0.481 e. The van der Waals surface area contributed by atoms with Crippen molar-refractivity contribution in [2.45, 2.75) is 13.5 Å². The Hall–Kier alpha value is -2.84. The highest BCUT2D eigenvalue weighted by molar-refractivity contribution is 5.94. The Kier molecular flexibility index (Phi) is 7.00. The summed E-state index contributed by atoms with van der Waals surface area (Å²) in [6.45, 7) is 3.48. The lowest BCUT2D eigenvalue weighted by Crippen LogP contribution is -2.31. The fraction of sp³-hybridized carbons (Fsp3) is 0.250. The topological polar surface area (TPSA) is 50.4 Å². The Morgan fingerprint density at radius 3 is 2.80 bits per heavy atom. The zero-order valence-corrected chi connectivity index (χ0v) is 14.1. The fourth-order valence-corrected chi connectivity index (χ4v) is 2.23. The molecule has 2 rings (SSSR count). The Morgan fingerprint density at radius 2 is 2.04 bits per heavy atom. The Bertz CT molecular complexity index is 769. The third kappa shape index (κ3) is 5.63. The van der Waals surface area contributed by atoms with Crippen LogP contribution in [-0.2, 0) is 6.54 Å². The van der Waals surface area contributed by atoms with Crippen molar-refractivity contribution in [2.75, 3.05) is 19.7 Å². The molecule has 0 radical (unpaired) electrons. The van der Waals surface area contributed by atoms with Crippen LogP contribution in [0.1, 0.15) is 21.5 Å². The van der Waals surface area contributed by atoms with Gasteiger partial charge in [-0.2, -0.15) is 0 Å². The molecule has 0 atom stereocenters. The van der Waals surface area contributed by atoms with E-state index in [9.17, 15) is 9.18 Å². The molecule has 5 heteroatoms. The third-order valence-electron chi connectivity index (χ3n) is 3.62. The number of terminal acetylenes is 1. The van der Waals surface area contributed by atoms with Crippen molar-refractivity contribution in [2.24, 2.45) is 0 Å². The number of carbonyl (C=O) groups excluding carboxylic acids is 1. The van der Waals surface area contributed by atoms with Crippen molar-refractivity contribution >= 4 is 5.91 Å². The van der Waals surface area contributed by atoms with Crippen molar-refractivity contribution in [3.05, 3.63) is 65.0 Å². The van der Waals surface area contributed by atoms with Gasteiger partial charge in [-0.05, 0) is 30.7 Å². The van der Waals surface area contributed by atoms with E-state index in [1.807, 2.05) is 24.3 Å². The summed E-state index contributed by atoms with van der Waals surface area (Å²) in [5, 5.41) is 5.98. The number of halogens is 1. The van der Waals surface area contributed by atoms with Gasteiger partial charge in [0.15, 0.2) is 0 Å². The second-order valence-electron chi connectivity index (χ2n) is 5.50. The van der Waals surface area contributed by atoms with Crippen molar-refractivity contribution in [1.29, 1.82) is 0 Å². The van der Waals surface area contributed by atoms with Crippen LogP contribution in [0.5, 0.6) is 5.75 Å². The Balaban J connectivity index is 1.75. The maximum absolute atomic E-state index is 13.5. The van der Waals surface area contributed by atoms with Crippen LogP contribution >= 0.6 is 0 Å². The molecule has 0 saturated heterocycles. The number of nitrogens with one attached hydrogen (secondary N) is 2. The molecule has 130 valence electrons. The van der Waals surface area contributed by atoms with Gasteiger partial charge >= 0.3 is 0 Å². The minimum absolute atomic E-state index is 0.222. The van der Waals surface area contributed by atoms with E-state index in [1.165, 1.54) is 6.07 Å². The number of hydrogen-bond donors (Lipinski definition) is 2. The van der Waals surface area contributed by atoms with Gasteiger partial charge in [0.05, 0.1) is 0 Å². The van der Waals surface area contributed by atoms with Gasteiger partial charge in [0, 0.05) is 30.8 Å². The average molecular weight is 340 g/mol. The van der Waals surface area contributed by atoms with Gasteiger partial charge in [0.2, 0.25) is 0 Å². The molecule has 4 nitrogen and oxygen atoms in total. The summed E-state index contributed by atoms with van der Waals surface area (Å²) in [5.41, 5.74) is 1.82. The number of para-hydroxylation sites is 1. The van der Waals surface area contributed by atoms with Crippen LogP contribution in [0, 0.1) is 25.1 Å². The molecule has 2 aromatic carbocycles. The minimum atomic E-state index is -0.380. The molecule has 0 aliphatic rings. The molecule has 0 spiro atoms. The highest BCUT2D eigenvalue weighted by Crippen LogP contribution is 2.17. The predicted molar refractivity (Wildman–Crippen MR) is 95.9 cm³/mol. The molecule has 25 heavy (non-hydrogen) atoms. The summed E-state index contributed by atoms with van der Waals surface area (Å²) >= 11 is 0. The molecule has 2 aromatic rings. The van der Waals surface area contributed by atoms with Crippen LogP contribution < -0.4 is 15.4 Å². The van der Waals surface area contributed by atoms with Crippen molar-refractivity contribution in [3.8, 4) is 18.1 Å². The quantitative estimate of drug-likeness (QED) is 0.574. The Labute approximate surface area is 147 Å². The molecule has 0 fully saturated rings. The lowest BCUT2D eigenvalue weighted by molar-refractivity contribution is 0.0953. The van der Waals surface area contributed by atoms with Gasteiger partial charge in [-0.3, -0.25) is 4.79 Å². The molecule has 0 aromatic heterocycles. The van der Waals surface area contributed by atoms with Crippen LogP contribution in [0.2, 0.25) is 0 Å². The number of amides is 1. The van der Waals surface area contributed by atoms with E-state index in [-0.39, 0.29) is 18.3 Å². The average Bonchev–Trinajstić information content (AvgIpc) is 2.62.